The minimum absolute atomic E-state index is 0.205. The second-order valence-corrected chi connectivity index (χ2v) is 10.2. The van der Waals surface area contributed by atoms with E-state index >= 15 is 0 Å². The van der Waals surface area contributed by atoms with Gasteiger partial charge in [-0.3, -0.25) is 9.36 Å². The van der Waals surface area contributed by atoms with Crippen LogP contribution in [0.2, 0.25) is 5.02 Å². The molecule has 0 spiro atoms. The molecule has 6 nitrogen and oxygen atoms in total. The normalized spacial score (nSPS) is 16.1. The van der Waals surface area contributed by atoms with Gasteiger partial charge in [-0.05, 0) is 50.6 Å². The van der Waals surface area contributed by atoms with Crippen LogP contribution in [0.25, 0.3) is 17.0 Å². The summed E-state index contributed by atoms with van der Waals surface area (Å²) in [6.07, 6.45) is 3.61. The van der Waals surface area contributed by atoms with Crippen molar-refractivity contribution in [3.8, 4) is 0 Å². The van der Waals surface area contributed by atoms with Crippen molar-refractivity contribution in [1.82, 2.24) is 9.13 Å². The molecule has 1 aliphatic rings. The average molecular weight is 506 g/mol. The number of hydrogen-bond acceptors (Lipinski definition) is 5. The number of benzene rings is 2. The Morgan fingerprint density at radius 1 is 1.17 bits per heavy atom. The molecule has 4 aromatic rings. The van der Waals surface area contributed by atoms with E-state index in [0.717, 1.165) is 22.0 Å². The van der Waals surface area contributed by atoms with Crippen LogP contribution in [0, 0.1) is 0 Å². The summed E-state index contributed by atoms with van der Waals surface area (Å²) in [5.74, 6) is -0.482. The smallest absolute Gasteiger partial charge is 0.338 e. The van der Waals surface area contributed by atoms with E-state index in [-0.39, 0.29) is 11.7 Å². The first-order valence-corrected chi connectivity index (χ1v) is 12.5. The number of ether oxygens (including phenoxy) is 1. The molecular weight excluding hydrogens is 482 g/mol. The Bertz CT molecular complexity index is 1670. The summed E-state index contributed by atoms with van der Waals surface area (Å²) in [6, 6.07) is 14.6. The van der Waals surface area contributed by atoms with Crippen molar-refractivity contribution in [2.24, 2.45) is 12.0 Å². The highest BCUT2D eigenvalue weighted by Crippen LogP contribution is 2.31. The van der Waals surface area contributed by atoms with Crippen LogP contribution in [-0.4, -0.2) is 21.2 Å². The summed E-state index contributed by atoms with van der Waals surface area (Å²) in [6.45, 7) is 5.37. The van der Waals surface area contributed by atoms with Gasteiger partial charge < -0.3 is 9.30 Å². The number of esters is 1. The van der Waals surface area contributed by atoms with Crippen molar-refractivity contribution in [2.75, 3.05) is 0 Å². The maximum atomic E-state index is 13.8. The van der Waals surface area contributed by atoms with Crippen molar-refractivity contribution < 1.29 is 9.53 Å². The number of halogens is 1. The van der Waals surface area contributed by atoms with Crippen LogP contribution in [0.5, 0.6) is 0 Å². The minimum Gasteiger partial charge on any atom is -0.459 e. The van der Waals surface area contributed by atoms with Crippen molar-refractivity contribution in [2.45, 2.75) is 32.9 Å². The van der Waals surface area contributed by atoms with Crippen molar-refractivity contribution in [3.63, 3.8) is 0 Å². The number of para-hydroxylation sites is 1. The number of carbonyl (C=O) groups excluding carboxylic acids is 1. The summed E-state index contributed by atoms with van der Waals surface area (Å²) in [7, 11) is 1.98. The van der Waals surface area contributed by atoms with E-state index in [1.165, 1.54) is 11.3 Å². The van der Waals surface area contributed by atoms with Gasteiger partial charge in [0.2, 0.25) is 0 Å². The van der Waals surface area contributed by atoms with Crippen LogP contribution >= 0.6 is 22.9 Å². The van der Waals surface area contributed by atoms with Gasteiger partial charge in [-0.25, -0.2) is 9.79 Å². The minimum atomic E-state index is -0.663. The van der Waals surface area contributed by atoms with Crippen LogP contribution in [0.15, 0.2) is 75.8 Å². The molecule has 1 atom stereocenters. The fourth-order valence-electron chi connectivity index (χ4n) is 4.45. The highest BCUT2D eigenvalue weighted by molar-refractivity contribution is 7.07. The van der Waals surface area contributed by atoms with Crippen molar-refractivity contribution in [1.29, 1.82) is 0 Å². The number of aromatic nitrogens is 2. The van der Waals surface area contributed by atoms with Gasteiger partial charge in [0, 0.05) is 34.7 Å². The van der Waals surface area contributed by atoms with Crippen LogP contribution in [0.1, 0.15) is 37.9 Å². The Morgan fingerprint density at radius 3 is 2.60 bits per heavy atom. The first-order chi connectivity index (χ1) is 16.7. The molecular formula is C27H24ClN3O3S. The first kappa shape index (κ1) is 23.3. The summed E-state index contributed by atoms with van der Waals surface area (Å²) in [4.78, 5) is 32.1. The maximum Gasteiger partial charge on any atom is 0.338 e. The molecule has 2 aromatic heterocycles. The molecule has 35 heavy (non-hydrogen) atoms. The van der Waals surface area contributed by atoms with Crippen molar-refractivity contribution >= 4 is 45.9 Å². The van der Waals surface area contributed by atoms with Gasteiger partial charge in [-0.1, -0.05) is 53.3 Å². The number of fused-ring (bicyclic) bond motifs is 2. The molecule has 0 radical (unpaired) electrons. The quantitative estimate of drug-likeness (QED) is 0.388. The van der Waals surface area contributed by atoms with E-state index in [1.54, 1.807) is 37.5 Å². The largest absolute Gasteiger partial charge is 0.459 e. The van der Waals surface area contributed by atoms with Gasteiger partial charge in [-0.15, -0.1) is 0 Å². The molecule has 1 aliphatic heterocycles. The first-order valence-electron chi connectivity index (χ1n) is 11.3. The van der Waals surface area contributed by atoms with E-state index in [4.69, 9.17) is 16.3 Å². The molecule has 0 fully saturated rings. The molecule has 0 aliphatic carbocycles. The number of nitrogens with zero attached hydrogens (tertiary/aromatic N) is 3. The van der Waals surface area contributed by atoms with E-state index in [2.05, 4.69) is 4.99 Å². The summed E-state index contributed by atoms with van der Waals surface area (Å²) >= 11 is 7.44. The predicted octanol–water partition coefficient (Wildman–Crippen LogP) is 4.33. The number of allylic oxidation sites excluding steroid dienone is 1. The summed E-state index contributed by atoms with van der Waals surface area (Å²) in [5.41, 5.74) is 3.48. The average Bonchev–Trinajstić information content (AvgIpc) is 3.29. The van der Waals surface area contributed by atoms with Crippen molar-refractivity contribution in [3.05, 3.63) is 102 Å². The zero-order valence-corrected chi connectivity index (χ0v) is 21.4. The van der Waals surface area contributed by atoms with Crippen LogP contribution in [0.4, 0.5) is 0 Å². The lowest BCUT2D eigenvalue weighted by Gasteiger charge is -2.25. The van der Waals surface area contributed by atoms with Gasteiger partial charge >= 0.3 is 5.97 Å². The standard InChI is InChI=1S/C27H24ClN3O3S/c1-15(2)34-26(33)23-16(3)29-27-31(24(23)17-9-11-19(28)12-10-17)25(32)22(35-27)13-18-14-30(4)21-8-6-5-7-20(18)21/h5-15,24H,1-4H3/t24-/m1/s1. The van der Waals surface area contributed by atoms with Crippen LogP contribution in [-0.2, 0) is 16.6 Å². The van der Waals surface area contributed by atoms with Gasteiger partial charge in [0.05, 0.1) is 27.9 Å². The molecule has 0 saturated heterocycles. The second kappa shape index (κ2) is 8.98. The number of hydrogen-bond donors (Lipinski definition) is 0. The molecule has 0 unspecified atom stereocenters. The molecule has 2 aromatic carbocycles. The highest BCUT2D eigenvalue weighted by Gasteiger charge is 2.33. The van der Waals surface area contributed by atoms with E-state index in [1.807, 2.05) is 60.3 Å². The Hall–Kier alpha value is -3.42. The van der Waals surface area contributed by atoms with Gasteiger partial charge in [-0.2, -0.15) is 0 Å². The fourth-order valence-corrected chi connectivity index (χ4v) is 5.61. The van der Waals surface area contributed by atoms with Gasteiger partial charge in [0.25, 0.3) is 5.56 Å². The van der Waals surface area contributed by atoms with Crippen LogP contribution < -0.4 is 14.9 Å². The third-order valence-electron chi connectivity index (χ3n) is 5.98. The lowest BCUT2D eigenvalue weighted by Crippen LogP contribution is -2.40. The number of thiazole rings is 1. The zero-order valence-electron chi connectivity index (χ0n) is 19.8. The Kier molecular flexibility index (Phi) is 5.99. The molecule has 0 N–H and O–H groups in total. The summed E-state index contributed by atoms with van der Waals surface area (Å²) < 4.78 is 9.72. The lowest BCUT2D eigenvalue weighted by molar-refractivity contribution is -0.143. The highest BCUT2D eigenvalue weighted by atomic mass is 35.5. The predicted molar refractivity (Wildman–Crippen MR) is 139 cm³/mol. The second-order valence-electron chi connectivity index (χ2n) is 8.80. The van der Waals surface area contributed by atoms with E-state index in [9.17, 15) is 9.59 Å². The Labute approximate surface area is 211 Å². The number of carbonyl (C=O) groups is 1. The number of rotatable bonds is 4. The number of aryl methyl sites for hydroxylation is 1. The summed E-state index contributed by atoms with van der Waals surface area (Å²) in [5, 5.41) is 1.64. The Balaban J connectivity index is 1.74. The molecule has 0 bridgehead atoms. The molecule has 0 saturated carbocycles. The lowest BCUT2D eigenvalue weighted by atomic mass is 9.96. The zero-order chi connectivity index (χ0) is 24.9. The molecule has 178 valence electrons. The van der Waals surface area contributed by atoms with E-state index < -0.39 is 12.0 Å². The Morgan fingerprint density at radius 2 is 1.89 bits per heavy atom. The van der Waals surface area contributed by atoms with Gasteiger partial charge in [0.1, 0.15) is 0 Å². The topological polar surface area (TPSA) is 65.6 Å². The molecule has 8 heteroatoms. The molecule has 3 heterocycles. The SMILES string of the molecule is CC1=C(C(=O)OC(C)C)[C@@H](c2ccc(Cl)cc2)n2c(sc(=Cc3cn(C)c4ccccc34)c2=O)=N1. The fraction of sp³-hybridized carbons (Fsp3) is 0.222. The van der Waals surface area contributed by atoms with Crippen LogP contribution in [0.3, 0.4) is 0 Å². The third kappa shape index (κ3) is 4.15. The molecule has 0 amide bonds. The third-order valence-corrected chi connectivity index (χ3v) is 7.22. The van der Waals surface area contributed by atoms with Gasteiger partial charge in [0.15, 0.2) is 4.80 Å². The van der Waals surface area contributed by atoms with E-state index in [0.29, 0.717) is 25.6 Å². The monoisotopic (exact) mass is 505 g/mol. The molecule has 5 rings (SSSR count). The maximum absolute atomic E-state index is 13.8.